The van der Waals surface area contributed by atoms with Gasteiger partial charge in [0.15, 0.2) is 0 Å². The molecule has 0 radical (unpaired) electrons. The molecule has 1 unspecified atom stereocenters. The van der Waals surface area contributed by atoms with E-state index >= 15 is 0 Å². The average Bonchev–Trinajstić information content (AvgIpc) is 3.17. The molecule has 8 heteroatoms. The Morgan fingerprint density at radius 1 is 1.52 bits per heavy atom. The lowest BCUT2D eigenvalue weighted by atomic mass is 10.2. The summed E-state index contributed by atoms with van der Waals surface area (Å²) in [6.45, 7) is 4.87. The van der Waals surface area contributed by atoms with Gasteiger partial charge in [-0.2, -0.15) is 5.10 Å². The molecule has 1 atom stereocenters. The van der Waals surface area contributed by atoms with Gasteiger partial charge in [0.1, 0.15) is 5.69 Å². The number of carbonyl (C=O) groups excluding carboxylic acids is 1. The average molecular weight is 290 g/mol. The van der Waals surface area contributed by atoms with Crippen LogP contribution in [0.15, 0.2) is 24.7 Å². The van der Waals surface area contributed by atoms with Gasteiger partial charge in [0.2, 0.25) is 0 Å². The molecule has 1 aliphatic rings. The van der Waals surface area contributed by atoms with Gasteiger partial charge in [-0.25, -0.2) is 4.68 Å². The highest BCUT2D eigenvalue weighted by Gasteiger charge is 2.27. The summed E-state index contributed by atoms with van der Waals surface area (Å²) < 4.78 is 9.14. The van der Waals surface area contributed by atoms with E-state index in [1.54, 1.807) is 15.8 Å². The SMILES string of the molecule is CCn1nncc1C(=O)N1CCOC(Cn2cccn2)C1. The number of morpholine rings is 1. The number of rotatable bonds is 4. The predicted octanol–water partition coefficient (Wildman–Crippen LogP) is 0.0357. The zero-order valence-electron chi connectivity index (χ0n) is 11.9. The standard InChI is InChI=1S/C13H18N6O2/c1-2-19-12(8-14-16-19)13(20)17-6-7-21-11(9-17)10-18-5-3-4-15-18/h3-5,8,11H,2,6-7,9-10H2,1H3. The maximum absolute atomic E-state index is 12.5. The second kappa shape index (κ2) is 6.04. The van der Waals surface area contributed by atoms with Crippen molar-refractivity contribution in [1.82, 2.24) is 29.7 Å². The topological polar surface area (TPSA) is 78.1 Å². The molecule has 1 aliphatic heterocycles. The molecule has 2 aromatic rings. The van der Waals surface area contributed by atoms with E-state index in [4.69, 9.17) is 4.74 Å². The molecular formula is C13H18N6O2. The first-order valence-electron chi connectivity index (χ1n) is 7.04. The maximum Gasteiger partial charge on any atom is 0.273 e. The molecule has 0 N–H and O–H groups in total. The molecule has 0 aliphatic carbocycles. The van der Waals surface area contributed by atoms with Gasteiger partial charge in [0, 0.05) is 32.0 Å². The van der Waals surface area contributed by atoms with Crippen molar-refractivity contribution in [2.24, 2.45) is 0 Å². The molecule has 1 amide bonds. The summed E-state index contributed by atoms with van der Waals surface area (Å²) in [7, 11) is 0. The lowest BCUT2D eigenvalue weighted by molar-refractivity contribution is -0.0303. The van der Waals surface area contributed by atoms with E-state index in [-0.39, 0.29) is 12.0 Å². The van der Waals surface area contributed by atoms with Gasteiger partial charge in [-0.15, -0.1) is 5.10 Å². The van der Waals surface area contributed by atoms with Gasteiger partial charge in [-0.3, -0.25) is 9.48 Å². The lowest BCUT2D eigenvalue weighted by Gasteiger charge is -2.32. The quantitative estimate of drug-likeness (QED) is 0.794. The molecule has 0 saturated carbocycles. The molecule has 21 heavy (non-hydrogen) atoms. The zero-order valence-corrected chi connectivity index (χ0v) is 11.9. The maximum atomic E-state index is 12.5. The first-order valence-corrected chi connectivity index (χ1v) is 7.04. The third kappa shape index (κ3) is 2.94. The number of nitrogens with zero attached hydrogens (tertiary/aromatic N) is 6. The van der Waals surface area contributed by atoms with Crippen LogP contribution in [-0.2, 0) is 17.8 Å². The largest absolute Gasteiger partial charge is 0.373 e. The van der Waals surface area contributed by atoms with E-state index in [1.165, 1.54) is 6.20 Å². The Balaban J connectivity index is 1.66. The van der Waals surface area contributed by atoms with Crippen LogP contribution in [0.2, 0.25) is 0 Å². The number of aryl methyl sites for hydroxylation is 1. The molecule has 2 aromatic heterocycles. The van der Waals surface area contributed by atoms with Gasteiger partial charge < -0.3 is 9.64 Å². The van der Waals surface area contributed by atoms with E-state index in [9.17, 15) is 4.79 Å². The van der Waals surface area contributed by atoms with E-state index < -0.39 is 0 Å². The van der Waals surface area contributed by atoms with Gasteiger partial charge in [0.25, 0.3) is 5.91 Å². The van der Waals surface area contributed by atoms with Crippen molar-refractivity contribution in [3.63, 3.8) is 0 Å². The van der Waals surface area contributed by atoms with Crippen molar-refractivity contribution < 1.29 is 9.53 Å². The number of aromatic nitrogens is 5. The van der Waals surface area contributed by atoms with E-state index in [1.807, 2.05) is 23.9 Å². The fourth-order valence-corrected chi connectivity index (χ4v) is 2.45. The van der Waals surface area contributed by atoms with E-state index in [0.717, 1.165) is 0 Å². The number of carbonyl (C=O) groups is 1. The van der Waals surface area contributed by atoms with Crippen LogP contribution in [0, 0.1) is 0 Å². The molecule has 1 saturated heterocycles. The summed E-state index contributed by atoms with van der Waals surface area (Å²) in [5.74, 6) is -0.0457. The number of ether oxygens (including phenoxy) is 1. The van der Waals surface area contributed by atoms with Crippen molar-refractivity contribution >= 4 is 5.91 Å². The normalized spacial score (nSPS) is 18.9. The van der Waals surface area contributed by atoms with Crippen LogP contribution >= 0.6 is 0 Å². The molecule has 3 heterocycles. The van der Waals surface area contributed by atoms with Crippen molar-refractivity contribution in [3.8, 4) is 0 Å². The van der Waals surface area contributed by atoms with Crippen LogP contribution < -0.4 is 0 Å². The number of hydrogen-bond acceptors (Lipinski definition) is 5. The highest BCUT2D eigenvalue weighted by Crippen LogP contribution is 2.11. The van der Waals surface area contributed by atoms with Crippen molar-refractivity contribution in [2.45, 2.75) is 26.1 Å². The number of amides is 1. The van der Waals surface area contributed by atoms with Crippen LogP contribution in [-0.4, -0.2) is 61.4 Å². The monoisotopic (exact) mass is 290 g/mol. The molecular weight excluding hydrogens is 272 g/mol. The fourth-order valence-electron chi connectivity index (χ4n) is 2.45. The van der Waals surface area contributed by atoms with Crippen LogP contribution in [0.5, 0.6) is 0 Å². The van der Waals surface area contributed by atoms with Crippen LogP contribution in [0.3, 0.4) is 0 Å². The molecule has 3 rings (SSSR count). The summed E-state index contributed by atoms with van der Waals surface area (Å²) >= 11 is 0. The lowest BCUT2D eigenvalue weighted by Crippen LogP contribution is -2.47. The Morgan fingerprint density at radius 3 is 3.19 bits per heavy atom. The number of hydrogen-bond donors (Lipinski definition) is 0. The van der Waals surface area contributed by atoms with Crippen molar-refractivity contribution in [1.29, 1.82) is 0 Å². The van der Waals surface area contributed by atoms with Crippen LogP contribution in [0.1, 0.15) is 17.4 Å². The minimum absolute atomic E-state index is 0.0457. The fraction of sp³-hybridized carbons (Fsp3) is 0.538. The molecule has 0 aromatic carbocycles. The zero-order chi connectivity index (χ0) is 14.7. The first-order chi connectivity index (χ1) is 10.3. The highest BCUT2D eigenvalue weighted by atomic mass is 16.5. The Labute approximate surface area is 122 Å². The molecule has 112 valence electrons. The third-order valence-electron chi connectivity index (χ3n) is 3.51. The van der Waals surface area contributed by atoms with Gasteiger partial charge >= 0.3 is 0 Å². The Kier molecular flexibility index (Phi) is 3.96. The predicted molar refractivity (Wildman–Crippen MR) is 73.6 cm³/mol. The molecule has 0 spiro atoms. The summed E-state index contributed by atoms with van der Waals surface area (Å²) in [5, 5.41) is 11.9. The van der Waals surface area contributed by atoms with E-state index in [0.29, 0.717) is 38.5 Å². The van der Waals surface area contributed by atoms with Crippen molar-refractivity contribution in [2.75, 3.05) is 19.7 Å². The summed E-state index contributed by atoms with van der Waals surface area (Å²) in [4.78, 5) is 14.3. The van der Waals surface area contributed by atoms with E-state index in [2.05, 4.69) is 15.4 Å². The second-order valence-electron chi connectivity index (χ2n) is 4.91. The smallest absolute Gasteiger partial charge is 0.273 e. The highest BCUT2D eigenvalue weighted by molar-refractivity contribution is 5.92. The van der Waals surface area contributed by atoms with Crippen molar-refractivity contribution in [3.05, 3.63) is 30.4 Å². The Bertz CT molecular complexity index is 594. The van der Waals surface area contributed by atoms with Gasteiger partial charge in [-0.1, -0.05) is 5.21 Å². The molecule has 1 fully saturated rings. The summed E-state index contributed by atoms with van der Waals surface area (Å²) in [6.07, 6.45) is 5.09. The van der Waals surface area contributed by atoms with Crippen LogP contribution in [0.4, 0.5) is 0 Å². The summed E-state index contributed by atoms with van der Waals surface area (Å²) in [6, 6.07) is 1.87. The Morgan fingerprint density at radius 2 is 2.43 bits per heavy atom. The molecule has 0 bridgehead atoms. The first kappa shape index (κ1) is 13.7. The minimum atomic E-state index is -0.0476. The van der Waals surface area contributed by atoms with Gasteiger partial charge in [0.05, 0.1) is 25.5 Å². The van der Waals surface area contributed by atoms with Gasteiger partial charge in [-0.05, 0) is 13.0 Å². The minimum Gasteiger partial charge on any atom is -0.373 e. The third-order valence-corrected chi connectivity index (χ3v) is 3.51. The summed E-state index contributed by atoms with van der Waals surface area (Å²) in [5.41, 5.74) is 0.525. The molecule has 8 nitrogen and oxygen atoms in total. The second-order valence-corrected chi connectivity index (χ2v) is 4.91. The van der Waals surface area contributed by atoms with Crippen LogP contribution in [0.25, 0.3) is 0 Å². The Hall–Kier alpha value is -2.22.